The van der Waals surface area contributed by atoms with E-state index in [0.29, 0.717) is 53.9 Å². The fourth-order valence-corrected chi connectivity index (χ4v) is 7.91. The monoisotopic (exact) mass is 1200 g/mol. The summed E-state index contributed by atoms with van der Waals surface area (Å²) in [6.45, 7) is 4.76. The van der Waals surface area contributed by atoms with Gasteiger partial charge in [-0.2, -0.15) is 21.8 Å². The third kappa shape index (κ3) is 30.8. The molecule has 0 aromatic carbocycles. The number of esters is 1. The first-order chi connectivity index (χ1) is 37.9. The number of carbonyl (C=O) groups is 3. The van der Waals surface area contributed by atoms with Crippen molar-refractivity contribution < 1.29 is 59.4 Å². The second-order valence-electron chi connectivity index (χ2n) is 16.0. The first-order valence-electron chi connectivity index (χ1n) is 24.3. The topological polar surface area (TPSA) is 391 Å². The average Bonchev–Trinajstić information content (AvgIpc) is 3.45. The van der Waals surface area contributed by atoms with Crippen molar-refractivity contribution in [3.63, 3.8) is 0 Å². The summed E-state index contributed by atoms with van der Waals surface area (Å²) < 4.78 is 67.2. The Bertz CT molecular complexity index is 2900. The van der Waals surface area contributed by atoms with Crippen molar-refractivity contribution in [1.29, 1.82) is 0 Å². The van der Waals surface area contributed by atoms with Gasteiger partial charge < -0.3 is 33.1 Å². The van der Waals surface area contributed by atoms with Crippen molar-refractivity contribution in [2.75, 3.05) is 74.8 Å². The van der Waals surface area contributed by atoms with Gasteiger partial charge in [-0.05, 0) is 105 Å². The van der Waals surface area contributed by atoms with Crippen molar-refractivity contribution in [2.24, 2.45) is 22.1 Å². The van der Waals surface area contributed by atoms with Crippen molar-refractivity contribution in [3.05, 3.63) is 137 Å². The van der Waals surface area contributed by atoms with Gasteiger partial charge in [0.05, 0.1) is 44.1 Å². The molecule has 32 heteroatoms. The molecule has 12 N–H and O–H groups in total. The highest BCUT2D eigenvalue weighted by atomic mass is 35.5. The summed E-state index contributed by atoms with van der Waals surface area (Å²) in [6.07, 6.45) is 19.7. The first-order valence-corrected chi connectivity index (χ1v) is 27.2. The maximum absolute atomic E-state index is 12.2. The number of nitrogens with two attached hydrogens (primary N) is 4. The summed E-state index contributed by atoms with van der Waals surface area (Å²) in [5, 5.41) is 17.9. The lowest BCUT2D eigenvalue weighted by Gasteiger charge is -2.32. The minimum absolute atomic E-state index is 0. The lowest BCUT2D eigenvalue weighted by Crippen LogP contribution is -3.00. The molecule has 8 heterocycles. The molecule has 0 bridgehead atoms. The van der Waals surface area contributed by atoms with Gasteiger partial charge in [0.15, 0.2) is 0 Å². The zero-order chi connectivity index (χ0) is 58.5. The Morgan fingerprint density at radius 3 is 1.52 bits per heavy atom. The molecule has 0 atom stereocenters. The summed E-state index contributed by atoms with van der Waals surface area (Å²) in [5.74, 6) is 1.47. The standard InChI is InChI=1S/C17H23N7O3S.C10H7ClN4O.C7H17N3O2S.C7H7NO2.C4H4ClN3.CH3F.CH4.ClH/c18-28(26,27)21-9-3-13-5-10-24(11-6-13)15-4-8-20-17(22-15)23-16(25)14-2-1-7-19-12-14;11-8-3-5-13-10(14-8)15-9(16)7-2-1-4-12-6-7;8-13(11,12)10-6-3-7-1-4-9-5-2-7;1-10-7(9)6-3-2-4-8-5-6;5-3-1-2-7-4(6)8-3;1-2;;/h1-2,4,7-8,12-13,21H,3,5-6,9-11H2,(H2,18,26,27)(H,20,22,23,25);1-6H,(H,13,14,15,16);7,9-10H,1-6H2,(H2,8,11,12);2-5H,1H3;1-2H,(H2,6,7,8);1H3;1H4;1H/i;;;;;;1D;. The molecule has 0 aliphatic carbocycles. The molecule has 6 aromatic heterocycles. The van der Waals surface area contributed by atoms with E-state index in [1.807, 2.05) is 6.07 Å². The molecule has 8 rings (SSSR count). The van der Waals surface area contributed by atoms with Crippen LogP contribution in [0.2, 0.25) is 10.3 Å². The van der Waals surface area contributed by atoms with E-state index in [1.54, 1.807) is 67.3 Å². The third-order valence-electron chi connectivity index (χ3n) is 10.5. The number of piperidine rings is 2. The minimum atomic E-state index is -3.63. The summed E-state index contributed by atoms with van der Waals surface area (Å²) >= 11 is 11.1. The molecule has 2 saturated heterocycles. The number of hydrogen-bond acceptors (Lipinski definition) is 19. The van der Waals surface area contributed by atoms with Crippen LogP contribution in [0.25, 0.3) is 0 Å². The Hall–Kier alpha value is -6.80. The van der Waals surface area contributed by atoms with Gasteiger partial charge in [0.25, 0.3) is 32.2 Å². The second kappa shape index (κ2) is 38.7. The van der Waals surface area contributed by atoms with E-state index in [-0.39, 0.29) is 53.2 Å². The zero-order valence-corrected chi connectivity index (χ0v) is 47.3. The molecule has 2 aliphatic heterocycles. The van der Waals surface area contributed by atoms with Crippen LogP contribution in [0, 0.1) is 11.8 Å². The second-order valence-corrected chi connectivity index (χ2v) is 19.5. The molecule has 2 amide bonds. The Morgan fingerprint density at radius 1 is 0.684 bits per heavy atom. The lowest BCUT2D eigenvalue weighted by atomic mass is 9.94. The van der Waals surface area contributed by atoms with Crippen molar-refractivity contribution in [3.8, 4) is 0 Å². The predicted octanol–water partition coefficient (Wildman–Crippen LogP) is 0.250. The van der Waals surface area contributed by atoms with E-state index >= 15 is 0 Å². The van der Waals surface area contributed by atoms with Crippen LogP contribution in [0.15, 0.2) is 110 Å². The number of methoxy groups -OCH3 is 1. The van der Waals surface area contributed by atoms with Gasteiger partial charge in [-0.25, -0.2) is 49.4 Å². The number of quaternary nitrogens is 1. The van der Waals surface area contributed by atoms with E-state index in [4.69, 9.17) is 40.6 Å². The van der Waals surface area contributed by atoms with E-state index in [2.05, 4.69) is 79.9 Å². The highest BCUT2D eigenvalue weighted by Crippen LogP contribution is 2.24. The first kappa shape index (κ1) is 68.3. The maximum Gasteiger partial charge on any atom is 0.339 e. The van der Waals surface area contributed by atoms with Crippen molar-refractivity contribution in [2.45, 2.75) is 45.9 Å². The quantitative estimate of drug-likeness (QED) is 0.0535. The molecular formula is C47H66Cl3FN18O8S2. The Kier molecular flexibility index (Phi) is 33.5. The van der Waals surface area contributed by atoms with Gasteiger partial charge in [0.2, 0.25) is 17.8 Å². The molecule has 26 nitrogen and oxygen atoms in total. The molecule has 2 fully saturated rings. The highest BCUT2D eigenvalue weighted by molar-refractivity contribution is 7.87. The number of hydrogen-bond donors (Lipinski definition) is 8. The number of ether oxygens (including phenoxy) is 1. The number of carbonyl (C=O) groups excluding carboxylic acids is 3. The SMILES string of the molecule is CF.COC(=O)c1cccnc1.NS(=O)(=O)NCCC1CCN(c2ccnc(NC(=O)c3cccnc3)n2)CC1.NS(=O)(=O)NCCC1CC[NH2+]CC1.Nc1nccc(Cl)n1.O=C(Nc1nccc(Cl)n1)c1cccnc1.[2H]C.[Cl-]. The van der Waals surface area contributed by atoms with Gasteiger partial charge in [0.1, 0.15) is 16.1 Å². The summed E-state index contributed by atoms with van der Waals surface area (Å²) in [7, 11) is -4.02. The molecule has 0 saturated carbocycles. The number of halogens is 4. The number of anilines is 4. The molecular weight excluding hydrogens is 1130 g/mol. The normalized spacial score (nSPS) is 13.0. The molecule has 0 radical (unpaired) electrons. The number of rotatable bonds is 14. The number of amides is 2. The molecule has 79 heavy (non-hydrogen) atoms. The fourth-order valence-electron chi connectivity index (χ4n) is 6.82. The number of alkyl halides is 1. The van der Waals surface area contributed by atoms with Crippen LogP contribution in [-0.2, 0) is 25.2 Å². The number of aromatic nitrogens is 9. The lowest BCUT2D eigenvalue weighted by molar-refractivity contribution is -0.664. The predicted molar refractivity (Wildman–Crippen MR) is 295 cm³/mol. The van der Waals surface area contributed by atoms with Gasteiger partial charge in [-0.15, -0.1) is 0 Å². The van der Waals surface area contributed by atoms with E-state index in [9.17, 15) is 35.6 Å². The number of nitrogens with one attached hydrogen (secondary N) is 4. The van der Waals surface area contributed by atoms with Gasteiger partial charge in [0, 0.05) is 83.3 Å². The van der Waals surface area contributed by atoms with E-state index in [0.717, 1.165) is 44.6 Å². The number of pyridine rings is 3. The average molecular weight is 1200 g/mol. The summed E-state index contributed by atoms with van der Waals surface area (Å²) in [6, 6.07) is 14.9. The summed E-state index contributed by atoms with van der Waals surface area (Å²) in [5.41, 5.74) is 6.50. The summed E-state index contributed by atoms with van der Waals surface area (Å²) in [4.78, 5) is 71.7. The van der Waals surface area contributed by atoms with Gasteiger partial charge in [-0.3, -0.25) is 39.6 Å². The Morgan fingerprint density at radius 2 is 1.11 bits per heavy atom. The van der Waals surface area contributed by atoms with Crippen molar-refractivity contribution >= 4 is 85.1 Å². The minimum Gasteiger partial charge on any atom is -1.00 e. The number of nitrogen functional groups attached to an aromatic ring is 1. The van der Waals surface area contributed by atoms with Gasteiger partial charge in [-0.1, -0.05) is 30.6 Å². The van der Waals surface area contributed by atoms with Gasteiger partial charge >= 0.3 is 5.97 Å². The largest absolute Gasteiger partial charge is 1.00 e. The van der Waals surface area contributed by atoms with E-state index < -0.39 is 20.4 Å². The Balaban J connectivity index is 0.000000526. The molecule has 6 aromatic rings. The number of nitrogens with zero attached hydrogens (tertiary/aromatic N) is 10. The Labute approximate surface area is 476 Å². The van der Waals surface area contributed by atoms with Crippen LogP contribution in [-0.4, -0.2) is 133 Å². The van der Waals surface area contributed by atoms with Crippen LogP contribution in [0.1, 0.15) is 78.4 Å². The fraction of sp³-hybridized carbons (Fsp3) is 0.362. The highest BCUT2D eigenvalue weighted by Gasteiger charge is 2.21. The van der Waals surface area contributed by atoms with Crippen LogP contribution < -0.4 is 58.7 Å². The van der Waals surface area contributed by atoms with E-state index in [1.165, 1.54) is 77.5 Å². The molecule has 0 unspecified atom stereocenters. The van der Waals surface area contributed by atoms with Crippen LogP contribution in [0.5, 0.6) is 0 Å². The molecule has 432 valence electrons. The van der Waals surface area contributed by atoms with Crippen LogP contribution >= 0.6 is 23.2 Å². The molecule has 2 aliphatic rings. The van der Waals surface area contributed by atoms with Crippen LogP contribution in [0.3, 0.4) is 0 Å². The van der Waals surface area contributed by atoms with Crippen LogP contribution in [0.4, 0.5) is 28.1 Å². The zero-order valence-electron chi connectivity index (χ0n) is 44.4. The smallest absolute Gasteiger partial charge is 0.339 e. The van der Waals surface area contributed by atoms with Crippen molar-refractivity contribution in [1.82, 2.24) is 54.3 Å². The molecule has 0 spiro atoms. The maximum atomic E-state index is 12.2. The third-order valence-corrected chi connectivity index (χ3v) is 12.1.